The highest BCUT2D eigenvalue weighted by atomic mass is 16.6. The van der Waals surface area contributed by atoms with Crippen molar-refractivity contribution >= 4 is 17.6 Å². The van der Waals surface area contributed by atoms with Crippen molar-refractivity contribution in [3.63, 3.8) is 0 Å². The molecular weight excluding hydrogens is 282 g/mol. The van der Waals surface area contributed by atoms with E-state index in [4.69, 9.17) is 15.2 Å². The second-order valence-corrected chi connectivity index (χ2v) is 5.21. The third-order valence-corrected chi connectivity index (χ3v) is 3.16. The summed E-state index contributed by atoms with van der Waals surface area (Å²) in [5.41, 5.74) is 6.11. The van der Waals surface area contributed by atoms with Gasteiger partial charge in [-0.25, -0.2) is 0 Å². The Morgan fingerprint density at radius 3 is 2.27 bits per heavy atom. The van der Waals surface area contributed by atoms with Crippen LogP contribution >= 0.6 is 0 Å². The summed E-state index contributed by atoms with van der Waals surface area (Å²) < 4.78 is 10.0. The fourth-order valence-corrected chi connectivity index (χ4v) is 1.94. The third-order valence-electron chi connectivity index (χ3n) is 3.16. The first-order valence-corrected chi connectivity index (χ1v) is 7.83. The van der Waals surface area contributed by atoms with Crippen molar-refractivity contribution in [2.75, 3.05) is 12.3 Å². The van der Waals surface area contributed by atoms with E-state index in [0.29, 0.717) is 18.0 Å². The Morgan fingerprint density at radius 2 is 1.59 bits per heavy atom. The van der Waals surface area contributed by atoms with Gasteiger partial charge in [0.15, 0.2) is 0 Å². The van der Waals surface area contributed by atoms with Crippen molar-refractivity contribution < 1.29 is 19.1 Å². The molecule has 0 aliphatic carbocycles. The zero-order chi connectivity index (χ0) is 16.2. The van der Waals surface area contributed by atoms with E-state index in [0.717, 1.165) is 19.3 Å². The average molecular weight is 307 g/mol. The molecule has 2 N–H and O–H groups in total. The van der Waals surface area contributed by atoms with Crippen LogP contribution in [0.3, 0.4) is 0 Å². The van der Waals surface area contributed by atoms with Crippen LogP contribution in [0.5, 0.6) is 5.75 Å². The van der Waals surface area contributed by atoms with E-state index in [1.165, 1.54) is 19.3 Å². The number of esters is 2. The Kier molecular flexibility index (Phi) is 8.72. The zero-order valence-electron chi connectivity index (χ0n) is 13.2. The molecule has 0 aliphatic rings. The number of hydrogen-bond donors (Lipinski definition) is 1. The molecule has 1 rings (SSSR count). The summed E-state index contributed by atoms with van der Waals surface area (Å²) in [5, 5.41) is 0. The number of unbranched alkanes of at least 4 members (excludes halogenated alkanes) is 5. The Morgan fingerprint density at radius 1 is 0.955 bits per heavy atom. The van der Waals surface area contributed by atoms with Crippen LogP contribution in [0.25, 0.3) is 0 Å². The number of nitrogens with two attached hydrogens (primary N) is 1. The van der Waals surface area contributed by atoms with Gasteiger partial charge in [-0.05, 0) is 30.7 Å². The number of anilines is 1. The number of nitrogen functional groups attached to an aromatic ring is 1. The van der Waals surface area contributed by atoms with Crippen molar-refractivity contribution in [3.05, 3.63) is 24.3 Å². The van der Waals surface area contributed by atoms with Crippen LogP contribution in [-0.4, -0.2) is 18.5 Å². The van der Waals surface area contributed by atoms with Crippen LogP contribution in [0.15, 0.2) is 24.3 Å². The summed E-state index contributed by atoms with van der Waals surface area (Å²) in [6.45, 7) is 2.53. The summed E-state index contributed by atoms with van der Waals surface area (Å²) in [6, 6.07) is 6.41. The fraction of sp³-hybridized carbons (Fsp3) is 0.529. The van der Waals surface area contributed by atoms with Crippen LogP contribution in [0.4, 0.5) is 5.69 Å². The van der Waals surface area contributed by atoms with Gasteiger partial charge >= 0.3 is 11.9 Å². The highest BCUT2D eigenvalue weighted by Gasteiger charge is 2.12. The van der Waals surface area contributed by atoms with Crippen LogP contribution in [0, 0.1) is 0 Å². The molecule has 1 aromatic carbocycles. The minimum absolute atomic E-state index is 0.361. The highest BCUT2D eigenvalue weighted by Crippen LogP contribution is 2.13. The van der Waals surface area contributed by atoms with Gasteiger partial charge in [0.25, 0.3) is 0 Å². The second-order valence-electron chi connectivity index (χ2n) is 5.21. The summed E-state index contributed by atoms with van der Waals surface area (Å²) in [4.78, 5) is 23.1. The molecule has 0 unspecified atom stereocenters. The molecule has 0 radical (unpaired) electrons. The first-order chi connectivity index (χ1) is 10.6. The number of benzene rings is 1. The van der Waals surface area contributed by atoms with E-state index >= 15 is 0 Å². The lowest BCUT2D eigenvalue weighted by Gasteiger charge is -2.06. The largest absolute Gasteiger partial charge is 0.465 e. The van der Waals surface area contributed by atoms with Crippen molar-refractivity contribution in [2.24, 2.45) is 0 Å². The Balaban J connectivity index is 2.11. The maximum Gasteiger partial charge on any atom is 0.322 e. The molecule has 0 fully saturated rings. The number of hydrogen-bond acceptors (Lipinski definition) is 5. The molecule has 0 spiro atoms. The first-order valence-electron chi connectivity index (χ1n) is 7.83. The van der Waals surface area contributed by atoms with Gasteiger partial charge < -0.3 is 15.2 Å². The molecule has 0 heterocycles. The number of carbonyl (C=O) groups excluding carboxylic acids is 2. The smallest absolute Gasteiger partial charge is 0.322 e. The van der Waals surface area contributed by atoms with E-state index in [2.05, 4.69) is 6.92 Å². The second kappa shape index (κ2) is 10.7. The van der Waals surface area contributed by atoms with Crippen LogP contribution < -0.4 is 10.5 Å². The summed E-state index contributed by atoms with van der Waals surface area (Å²) in [5.74, 6) is -0.811. The Hall–Kier alpha value is -2.04. The number of rotatable bonds is 10. The van der Waals surface area contributed by atoms with Crippen molar-refractivity contribution in [3.8, 4) is 5.75 Å². The van der Waals surface area contributed by atoms with E-state index in [1.54, 1.807) is 24.3 Å². The molecule has 22 heavy (non-hydrogen) atoms. The van der Waals surface area contributed by atoms with Gasteiger partial charge in [-0.1, -0.05) is 39.0 Å². The molecule has 122 valence electrons. The minimum atomic E-state index is -0.627. The van der Waals surface area contributed by atoms with Gasteiger partial charge in [0, 0.05) is 5.69 Å². The number of carbonyl (C=O) groups is 2. The molecule has 0 aliphatic heterocycles. The van der Waals surface area contributed by atoms with Crippen LogP contribution in [0.2, 0.25) is 0 Å². The summed E-state index contributed by atoms with van der Waals surface area (Å²) >= 11 is 0. The molecule has 0 atom stereocenters. The van der Waals surface area contributed by atoms with Crippen LogP contribution in [0.1, 0.15) is 51.9 Å². The van der Waals surface area contributed by atoms with E-state index in [-0.39, 0.29) is 6.42 Å². The van der Waals surface area contributed by atoms with E-state index in [9.17, 15) is 9.59 Å². The molecule has 0 amide bonds. The monoisotopic (exact) mass is 307 g/mol. The van der Waals surface area contributed by atoms with Gasteiger partial charge in [-0.2, -0.15) is 0 Å². The van der Waals surface area contributed by atoms with E-state index < -0.39 is 11.9 Å². The average Bonchev–Trinajstić information content (AvgIpc) is 2.48. The lowest BCUT2D eigenvalue weighted by Crippen LogP contribution is -2.16. The maximum absolute atomic E-state index is 11.6. The first kappa shape index (κ1) is 18.0. The lowest BCUT2D eigenvalue weighted by atomic mass is 10.1. The van der Waals surface area contributed by atoms with Gasteiger partial charge in [0.2, 0.25) is 0 Å². The summed E-state index contributed by atoms with van der Waals surface area (Å²) in [6.07, 6.45) is 6.34. The lowest BCUT2D eigenvalue weighted by molar-refractivity contribution is -0.150. The summed E-state index contributed by atoms with van der Waals surface area (Å²) in [7, 11) is 0. The molecular formula is C17H25NO4. The van der Waals surface area contributed by atoms with E-state index in [1.807, 2.05) is 0 Å². The predicted molar refractivity (Wildman–Crippen MR) is 85.4 cm³/mol. The van der Waals surface area contributed by atoms with Crippen LogP contribution in [-0.2, 0) is 14.3 Å². The Bertz CT molecular complexity index is 456. The maximum atomic E-state index is 11.6. The standard InChI is InChI=1S/C17H25NO4/c1-2-3-4-5-6-7-12-21-16(19)13-17(20)22-15-10-8-14(18)9-11-15/h8-11H,2-7,12-13,18H2,1H3. The quantitative estimate of drug-likeness (QED) is 0.235. The van der Waals surface area contributed by atoms with Crippen molar-refractivity contribution in [1.82, 2.24) is 0 Å². The molecule has 0 saturated heterocycles. The van der Waals surface area contributed by atoms with Crippen molar-refractivity contribution in [2.45, 2.75) is 51.9 Å². The molecule has 0 aromatic heterocycles. The zero-order valence-corrected chi connectivity index (χ0v) is 13.2. The fourth-order valence-electron chi connectivity index (χ4n) is 1.94. The minimum Gasteiger partial charge on any atom is -0.465 e. The van der Waals surface area contributed by atoms with Gasteiger partial charge in [-0.15, -0.1) is 0 Å². The van der Waals surface area contributed by atoms with Crippen molar-refractivity contribution in [1.29, 1.82) is 0 Å². The third kappa shape index (κ3) is 8.29. The number of ether oxygens (including phenoxy) is 2. The molecule has 5 nitrogen and oxygen atoms in total. The topological polar surface area (TPSA) is 78.6 Å². The van der Waals surface area contributed by atoms with Gasteiger partial charge in [-0.3, -0.25) is 9.59 Å². The Labute approximate surface area is 131 Å². The van der Waals surface area contributed by atoms with Gasteiger partial charge in [0.05, 0.1) is 6.61 Å². The SMILES string of the molecule is CCCCCCCCOC(=O)CC(=O)Oc1ccc(N)cc1. The molecule has 0 saturated carbocycles. The van der Waals surface area contributed by atoms with Gasteiger partial charge in [0.1, 0.15) is 12.2 Å². The molecule has 0 bridgehead atoms. The predicted octanol–water partition coefficient (Wildman–Crippen LogP) is 3.47. The highest BCUT2D eigenvalue weighted by molar-refractivity contribution is 5.92. The molecule has 5 heteroatoms. The molecule has 1 aromatic rings. The normalized spacial score (nSPS) is 10.2.